The van der Waals surface area contributed by atoms with Crippen LogP contribution >= 0.6 is 0 Å². The topological polar surface area (TPSA) is 63.4 Å². The van der Waals surface area contributed by atoms with Crippen molar-refractivity contribution in [3.63, 3.8) is 0 Å². The molecule has 0 amide bonds. The molecule has 1 saturated heterocycles. The van der Waals surface area contributed by atoms with E-state index in [4.69, 9.17) is 5.73 Å². The van der Waals surface area contributed by atoms with E-state index in [0.29, 0.717) is 19.5 Å². The first-order valence-corrected chi connectivity index (χ1v) is 7.37. The minimum atomic E-state index is -3.75. The second-order valence-corrected chi connectivity index (χ2v) is 6.63. The molecular formula is C12H17FN2O2S. The van der Waals surface area contributed by atoms with E-state index in [2.05, 4.69) is 0 Å². The summed E-state index contributed by atoms with van der Waals surface area (Å²) in [5.74, 6) is -0.625. The zero-order valence-electron chi connectivity index (χ0n) is 10.2. The molecule has 0 bridgehead atoms. The maximum absolute atomic E-state index is 13.6. The lowest BCUT2D eigenvalue weighted by atomic mass is 9.96. The third-order valence-corrected chi connectivity index (χ3v) is 5.29. The summed E-state index contributed by atoms with van der Waals surface area (Å²) in [7, 11) is -3.75. The number of piperidine rings is 1. The van der Waals surface area contributed by atoms with Crippen LogP contribution in [-0.2, 0) is 10.0 Å². The van der Waals surface area contributed by atoms with Crippen LogP contribution in [0.25, 0.3) is 0 Å². The Morgan fingerprint density at radius 2 is 2.06 bits per heavy atom. The predicted molar refractivity (Wildman–Crippen MR) is 66.9 cm³/mol. The molecule has 0 aliphatic carbocycles. The first-order valence-electron chi connectivity index (χ1n) is 5.93. The summed E-state index contributed by atoms with van der Waals surface area (Å²) in [6.45, 7) is 2.60. The zero-order chi connectivity index (χ0) is 13.3. The van der Waals surface area contributed by atoms with Gasteiger partial charge in [-0.15, -0.1) is 0 Å². The number of benzene rings is 1. The lowest BCUT2D eigenvalue weighted by Crippen LogP contribution is -2.48. The van der Waals surface area contributed by atoms with E-state index in [9.17, 15) is 12.8 Å². The fourth-order valence-corrected chi connectivity index (χ4v) is 3.76. The summed E-state index contributed by atoms with van der Waals surface area (Å²) in [6, 6.07) is 5.46. The lowest BCUT2D eigenvalue weighted by Gasteiger charge is -2.34. The maximum atomic E-state index is 13.6. The Bertz CT molecular complexity index is 533. The van der Waals surface area contributed by atoms with Crippen molar-refractivity contribution >= 4 is 10.0 Å². The summed E-state index contributed by atoms with van der Waals surface area (Å²) in [5, 5.41) is 0. The molecule has 0 spiro atoms. The Balaban J connectivity index is 2.30. The molecule has 4 nitrogen and oxygen atoms in total. The minimum absolute atomic E-state index is 0.0112. The van der Waals surface area contributed by atoms with Crippen LogP contribution in [0.2, 0.25) is 0 Å². The Morgan fingerprint density at radius 3 is 2.67 bits per heavy atom. The number of halogens is 1. The van der Waals surface area contributed by atoms with E-state index in [1.807, 2.05) is 6.92 Å². The highest BCUT2D eigenvalue weighted by Crippen LogP contribution is 2.24. The van der Waals surface area contributed by atoms with Crippen LogP contribution in [0.3, 0.4) is 0 Å². The van der Waals surface area contributed by atoms with Crippen LogP contribution in [0.5, 0.6) is 0 Å². The van der Waals surface area contributed by atoms with Crippen molar-refractivity contribution in [1.29, 1.82) is 0 Å². The number of nitrogens with two attached hydrogens (primary N) is 1. The van der Waals surface area contributed by atoms with E-state index in [0.717, 1.165) is 6.07 Å². The standard InChI is InChI=1S/C12H17FN2O2S/c1-9-8-15(7-6-11(9)14)18(16,17)12-5-3-2-4-10(12)13/h2-5,9,11H,6-8,14H2,1H3. The Kier molecular flexibility index (Phi) is 3.70. The van der Waals surface area contributed by atoms with Crippen molar-refractivity contribution in [2.45, 2.75) is 24.3 Å². The molecule has 1 aromatic rings. The first kappa shape index (κ1) is 13.5. The highest BCUT2D eigenvalue weighted by molar-refractivity contribution is 7.89. The first-order chi connectivity index (χ1) is 8.43. The molecule has 1 aliphatic heterocycles. The molecule has 2 atom stereocenters. The van der Waals surface area contributed by atoms with Crippen molar-refractivity contribution in [2.24, 2.45) is 11.7 Å². The summed E-state index contributed by atoms with van der Waals surface area (Å²) in [6.07, 6.45) is 0.606. The van der Waals surface area contributed by atoms with Crippen LogP contribution in [0.1, 0.15) is 13.3 Å². The van der Waals surface area contributed by atoms with Crippen LogP contribution in [0, 0.1) is 11.7 Å². The second-order valence-electron chi connectivity index (χ2n) is 4.72. The number of sulfonamides is 1. The van der Waals surface area contributed by atoms with Crippen LogP contribution < -0.4 is 5.73 Å². The fraction of sp³-hybridized carbons (Fsp3) is 0.500. The summed E-state index contributed by atoms with van der Waals surface area (Å²) in [4.78, 5) is -0.257. The van der Waals surface area contributed by atoms with Gasteiger partial charge in [0.1, 0.15) is 10.7 Å². The molecule has 18 heavy (non-hydrogen) atoms. The van der Waals surface area contributed by atoms with Gasteiger partial charge in [0.25, 0.3) is 0 Å². The van der Waals surface area contributed by atoms with Gasteiger partial charge in [-0.05, 0) is 24.5 Å². The van der Waals surface area contributed by atoms with Crippen molar-refractivity contribution in [2.75, 3.05) is 13.1 Å². The van der Waals surface area contributed by atoms with Crippen LogP contribution in [0.4, 0.5) is 4.39 Å². The van der Waals surface area contributed by atoms with Gasteiger partial charge in [0.05, 0.1) is 0 Å². The van der Waals surface area contributed by atoms with E-state index in [1.165, 1.54) is 22.5 Å². The van der Waals surface area contributed by atoms with Gasteiger partial charge in [-0.2, -0.15) is 4.31 Å². The summed E-state index contributed by atoms with van der Waals surface area (Å²) >= 11 is 0. The van der Waals surface area contributed by atoms with Gasteiger partial charge in [-0.1, -0.05) is 19.1 Å². The van der Waals surface area contributed by atoms with E-state index < -0.39 is 15.8 Å². The third-order valence-electron chi connectivity index (χ3n) is 3.39. The molecule has 1 heterocycles. The molecule has 6 heteroatoms. The smallest absolute Gasteiger partial charge is 0.245 e. The highest BCUT2D eigenvalue weighted by Gasteiger charge is 2.33. The average Bonchev–Trinajstić information content (AvgIpc) is 2.33. The maximum Gasteiger partial charge on any atom is 0.245 e. The van der Waals surface area contributed by atoms with Crippen LogP contribution in [0.15, 0.2) is 29.2 Å². The van der Waals surface area contributed by atoms with Gasteiger partial charge in [0.15, 0.2) is 0 Å². The largest absolute Gasteiger partial charge is 0.327 e. The molecule has 0 saturated carbocycles. The van der Waals surface area contributed by atoms with E-state index in [-0.39, 0.29) is 16.9 Å². The second kappa shape index (κ2) is 4.95. The molecule has 1 aliphatic rings. The molecule has 0 aromatic heterocycles. The fourth-order valence-electron chi connectivity index (χ4n) is 2.14. The Hall–Kier alpha value is -0.980. The number of rotatable bonds is 2. The van der Waals surface area contributed by atoms with Crippen molar-refractivity contribution in [1.82, 2.24) is 4.31 Å². The molecular weight excluding hydrogens is 255 g/mol. The normalized spacial score (nSPS) is 26.2. The molecule has 1 aromatic carbocycles. The summed E-state index contributed by atoms with van der Waals surface area (Å²) in [5.41, 5.74) is 5.86. The zero-order valence-corrected chi connectivity index (χ0v) is 11.0. The van der Waals surface area contributed by atoms with Gasteiger partial charge >= 0.3 is 0 Å². The summed E-state index contributed by atoms with van der Waals surface area (Å²) < 4.78 is 39.5. The molecule has 1 fully saturated rings. The van der Waals surface area contributed by atoms with Gasteiger partial charge < -0.3 is 5.73 Å². The van der Waals surface area contributed by atoms with Crippen molar-refractivity contribution in [3.05, 3.63) is 30.1 Å². The van der Waals surface area contributed by atoms with Gasteiger partial charge in [-0.3, -0.25) is 0 Å². The predicted octanol–water partition coefficient (Wildman–Crippen LogP) is 1.18. The van der Waals surface area contributed by atoms with E-state index in [1.54, 1.807) is 0 Å². The number of hydrogen-bond acceptors (Lipinski definition) is 3. The van der Waals surface area contributed by atoms with Crippen LogP contribution in [-0.4, -0.2) is 31.9 Å². The Labute approximate surface area is 107 Å². The monoisotopic (exact) mass is 272 g/mol. The van der Waals surface area contributed by atoms with Gasteiger partial charge in [-0.25, -0.2) is 12.8 Å². The molecule has 0 radical (unpaired) electrons. The minimum Gasteiger partial charge on any atom is -0.327 e. The van der Waals surface area contributed by atoms with Gasteiger partial charge in [0.2, 0.25) is 10.0 Å². The molecule has 2 N–H and O–H groups in total. The van der Waals surface area contributed by atoms with Crippen molar-refractivity contribution in [3.8, 4) is 0 Å². The molecule has 2 rings (SSSR count). The SMILES string of the molecule is CC1CN(S(=O)(=O)c2ccccc2F)CCC1N. The lowest BCUT2D eigenvalue weighted by molar-refractivity contribution is 0.249. The highest BCUT2D eigenvalue weighted by atomic mass is 32.2. The number of nitrogens with zero attached hydrogens (tertiary/aromatic N) is 1. The number of hydrogen-bond donors (Lipinski definition) is 1. The third kappa shape index (κ3) is 2.41. The van der Waals surface area contributed by atoms with E-state index >= 15 is 0 Å². The Morgan fingerprint density at radius 1 is 1.39 bits per heavy atom. The molecule has 100 valence electrons. The van der Waals surface area contributed by atoms with Crippen molar-refractivity contribution < 1.29 is 12.8 Å². The quantitative estimate of drug-likeness (QED) is 0.879. The van der Waals surface area contributed by atoms with Gasteiger partial charge in [0, 0.05) is 19.1 Å². The average molecular weight is 272 g/mol. The molecule has 2 unspecified atom stereocenters.